The third kappa shape index (κ3) is 5.07. The maximum atomic E-state index is 5.86. The minimum Gasteiger partial charge on any atom is -0.379 e. The first-order chi connectivity index (χ1) is 7.94. The van der Waals surface area contributed by atoms with Crippen molar-refractivity contribution in [3.63, 3.8) is 0 Å². The van der Waals surface area contributed by atoms with Gasteiger partial charge < -0.3 is 10.1 Å². The lowest BCUT2D eigenvalue weighted by molar-refractivity contribution is 0.0154. The van der Waals surface area contributed by atoms with Gasteiger partial charge in [-0.2, -0.15) is 0 Å². The van der Waals surface area contributed by atoms with Crippen molar-refractivity contribution in [1.82, 2.24) is 5.32 Å². The van der Waals surface area contributed by atoms with Crippen molar-refractivity contribution in [1.29, 1.82) is 0 Å². The summed E-state index contributed by atoms with van der Waals surface area (Å²) in [6, 6.07) is 8.30. The molecular weight excluding hydrogens is 234 g/mol. The summed E-state index contributed by atoms with van der Waals surface area (Å²) in [5, 5.41) is 4.26. The minimum absolute atomic E-state index is 0.0628. The highest BCUT2D eigenvalue weighted by atomic mass is 35.5. The van der Waals surface area contributed by atoms with Crippen LogP contribution in [0.25, 0.3) is 0 Å². The van der Waals surface area contributed by atoms with Gasteiger partial charge in [0.1, 0.15) is 0 Å². The fraction of sp³-hybridized carbons (Fsp3) is 0.571. The van der Waals surface area contributed by atoms with Gasteiger partial charge in [0.15, 0.2) is 0 Å². The van der Waals surface area contributed by atoms with Gasteiger partial charge in [-0.05, 0) is 51.4 Å². The largest absolute Gasteiger partial charge is 0.379 e. The van der Waals surface area contributed by atoms with E-state index in [-0.39, 0.29) is 5.60 Å². The summed E-state index contributed by atoms with van der Waals surface area (Å²) < 4.78 is 5.38. The molecule has 0 amide bonds. The number of hydrogen-bond acceptors (Lipinski definition) is 2. The molecule has 0 heterocycles. The molecule has 1 N–H and O–H groups in total. The molecule has 1 aromatic carbocycles. The Balaban J connectivity index is 2.40. The van der Waals surface area contributed by atoms with Gasteiger partial charge >= 0.3 is 0 Å². The Bertz CT molecular complexity index is 335. The smallest absolute Gasteiger partial charge is 0.0634 e. The maximum absolute atomic E-state index is 5.86. The summed E-state index contributed by atoms with van der Waals surface area (Å²) in [5.41, 5.74) is 1.19. The first kappa shape index (κ1) is 14.5. The van der Waals surface area contributed by atoms with Crippen molar-refractivity contribution in [3.8, 4) is 0 Å². The quantitative estimate of drug-likeness (QED) is 0.835. The van der Waals surface area contributed by atoms with E-state index >= 15 is 0 Å². The molecule has 2 nitrogen and oxygen atoms in total. The highest BCUT2D eigenvalue weighted by molar-refractivity contribution is 6.30. The fourth-order valence-corrected chi connectivity index (χ4v) is 1.69. The van der Waals surface area contributed by atoms with E-state index in [9.17, 15) is 0 Å². The Hall–Kier alpha value is -0.570. The van der Waals surface area contributed by atoms with E-state index in [1.165, 1.54) is 5.56 Å². The molecule has 0 aliphatic carbocycles. The second-order valence-corrected chi connectivity index (χ2v) is 5.38. The van der Waals surface area contributed by atoms with Crippen LogP contribution < -0.4 is 5.32 Å². The third-order valence-electron chi connectivity index (χ3n) is 3.10. The molecule has 1 atom stereocenters. The molecule has 0 aliphatic rings. The zero-order chi connectivity index (χ0) is 12.9. The van der Waals surface area contributed by atoms with E-state index in [2.05, 4.69) is 38.2 Å². The van der Waals surface area contributed by atoms with Crippen LogP contribution in [-0.4, -0.2) is 19.3 Å². The predicted molar refractivity (Wildman–Crippen MR) is 73.6 cm³/mol. The van der Waals surface area contributed by atoms with Crippen LogP contribution in [0.5, 0.6) is 0 Å². The van der Waals surface area contributed by atoms with Crippen molar-refractivity contribution >= 4 is 11.6 Å². The minimum atomic E-state index is -0.0628. The van der Waals surface area contributed by atoms with Gasteiger partial charge in [0.2, 0.25) is 0 Å². The highest BCUT2D eigenvalue weighted by Gasteiger charge is 2.16. The Morgan fingerprint density at radius 3 is 2.41 bits per heavy atom. The van der Waals surface area contributed by atoms with Crippen LogP contribution in [0.15, 0.2) is 24.3 Å². The summed E-state index contributed by atoms with van der Waals surface area (Å²) in [5.74, 6) is 0. The number of methoxy groups -OCH3 is 1. The maximum Gasteiger partial charge on any atom is 0.0634 e. The standard InChI is InChI=1S/C14H22ClNO/c1-11(12-5-7-13(15)8-6-12)16-10-9-14(2,3)17-4/h5-8,11,16H,9-10H2,1-4H3/t11-/m1/s1. The third-order valence-corrected chi connectivity index (χ3v) is 3.35. The molecule has 0 aliphatic heterocycles. The Labute approximate surface area is 109 Å². The van der Waals surface area contributed by atoms with Gasteiger partial charge in [-0.3, -0.25) is 0 Å². The predicted octanol–water partition coefficient (Wildman–Crippen LogP) is 3.81. The number of nitrogens with one attached hydrogen (secondary N) is 1. The molecule has 0 saturated heterocycles. The van der Waals surface area contributed by atoms with Crippen LogP contribution in [0, 0.1) is 0 Å². The van der Waals surface area contributed by atoms with Gasteiger partial charge in [-0.1, -0.05) is 23.7 Å². The van der Waals surface area contributed by atoms with E-state index in [0.717, 1.165) is 18.0 Å². The summed E-state index contributed by atoms with van der Waals surface area (Å²) in [7, 11) is 1.75. The van der Waals surface area contributed by atoms with E-state index in [1.807, 2.05) is 12.1 Å². The number of rotatable bonds is 6. The van der Waals surface area contributed by atoms with Crippen molar-refractivity contribution in [2.45, 2.75) is 38.8 Å². The van der Waals surface area contributed by atoms with E-state index in [1.54, 1.807) is 7.11 Å². The molecule has 0 spiro atoms. The van der Waals surface area contributed by atoms with Crippen LogP contribution in [0.1, 0.15) is 38.8 Å². The lowest BCUT2D eigenvalue weighted by Gasteiger charge is -2.24. The van der Waals surface area contributed by atoms with Gasteiger partial charge in [-0.15, -0.1) is 0 Å². The van der Waals surface area contributed by atoms with Crippen molar-refractivity contribution in [2.24, 2.45) is 0 Å². The SMILES string of the molecule is COC(C)(C)CCN[C@H](C)c1ccc(Cl)cc1. The molecule has 0 saturated carbocycles. The highest BCUT2D eigenvalue weighted by Crippen LogP contribution is 2.17. The number of hydrogen-bond donors (Lipinski definition) is 1. The van der Waals surface area contributed by atoms with Crippen LogP contribution in [-0.2, 0) is 4.74 Å². The van der Waals surface area contributed by atoms with Gasteiger partial charge in [0, 0.05) is 18.2 Å². The second kappa shape index (κ2) is 6.39. The normalized spacial score (nSPS) is 13.7. The topological polar surface area (TPSA) is 21.3 Å². The van der Waals surface area contributed by atoms with E-state index < -0.39 is 0 Å². The van der Waals surface area contributed by atoms with Crippen molar-refractivity contribution in [2.75, 3.05) is 13.7 Å². The number of benzene rings is 1. The van der Waals surface area contributed by atoms with Gasteiger partial charge in [0.25, 0.3) is 0 Å². The lowest BCUT2D eigenvalue weighted by atomic mass is 10.0. The van der Waals surface area contributed by atoms with Crippen LogP contribution in [0.3, 0.4) is 0 Å². The Morgan fingerprint density at radius 1 is 1.29 bits per heavy atom. The molecule has 0 bridgehead atoms. The van der Waals surface area contributed by atoms with Crippen LogP contribution in [0.2, 0.25) is 5.02 Å². The van der Waals surface area contributed by atoms with Crippen LogP contribution >= 0.6 is 11.6 Å². The zero-order valence-electron chi connectivity index (χ0n) is 11.1. The molecule has 96 valence electrons. The van der Waals surface area contributed by atoms with E-state index in [0.29, 0.717) is 6.04 Å². The average Bonchev–Trinajstić information content (AvgIpc) is 2.29. The molecule has 0 unspecified atom stereocenters. The molecule has 0 fully saturated rings. The Kier molecular flexibility index (Phi) is 5.44. The van der Waals surface area contributed by atoms with Crippen LogP contribution in [0.4, 0.5) is 0 Å². The summed E-state index contributed by atoms with van der Waals surface area (Å²) in [6.07, 6.45) is 0.988. The number of halogens is 1. The molecule has 1 rings (SSSR count). The zero-order valence-corrected chi connectivity index (χ0v) is 11.8. The molecule has 17 heavy (non-hydrogen) atoms. The molecule has 1 aromatic rings. The number of ether oxygens (including phenoxy) is 1. The molecule has 0 radical (unpaired) electrons. The first-order valence-corrected chi connectivity index (χ1v) is 6.36. The first-order valence-electron chi connectivity index (χ1n) is 5.98. The van der Waals surface area contributed by atoms with Crippen molar-refractivity contribution in [3.05, 3.63) is 34.9 Å². The molecule has 0 aromatic heterocycles. The summed E-state index contributed by atoms with van der Waals surface area (Å²) in [6.45, 7) is 7.29. The van der Waals surface area contributed by atoms with E-state index in [4.69, 9.17) is 16.3 Å². The fourth-order valence-electron chi connectivity index (χ4n) is 1.56. The van der Waals surface area contributed by atoms with Gasteiger partial charge in [0.05, 0.1) is 5.60 Å². The molecular formula is C14H22ClNO. The van der Waals surface area contributed by atoms with Gasteiger partial charge in [-0.25, -0.2) is 0 Å². The average molecular weight is 256 g/mol. The summed E-state index contributed by atoms with van der Waals surface area (Å²) in [4.78, 5) is 0. The van der Waals surface area contributed by atoms with Crippen molar-refractivity contribution < 1.29 is 4.74 Å². The lowest BCUT2D eigenvalue weighted by Crippen LogP contribution is -2.30. The monoisotopic (exact) mass is 255 g/mol. The second-order valence-electron chi connectivity index (χ2n) is 4.94. The Morgan fingerprint density at radius 2 is 1.88 bits per heavy atom. The summed E-state index contributed by atoms with van der Waals surface area (Å²) >= 11 is 5.86. The molecule has 3 heteroatoms.